The van der Waals surface area contributed by atoms with E-state index in [4.69, 9.17) is 0 Å². The molecule has 0 aromatic rings. The Morgan fingerprint density at radius 3 is 2.25 bits per heavy atom. The van der Waals surface area contributed by atoms with Crippen molar-refractivity contribution in [3.05, 3.63) is 0 Å². The molecule has 4 aliphatic rings. The molecule has 1 spiro atoms. The lowest BCUT2D eigenvalue weighted by Gasteiger charge is -2.42. The molecule has 1 N–H and O–H groups in total. The van der Waals surface area contributed by atoms with Gasteiger partial charge in [-0.2, -0.15) is 0 Å². The zero-order valence-corrected chi connectivity index (χ0v) is 12.4. The molecule has 112 valence electrons. The Morgan fingerprint density at radius 2 is 1.65 bits per heavy atom. The van der Waals surface area contributed by atoms with Crippen molar-refractivity contribution in [2.75, 3.05) is 0 Å². The Labute approximate surface area is 121 Å². The lowest BCUT2D eigenvalue weighted by Crippen LogP contribution is -2.44. The van der Waals surface area contributed by atoms with Crippen LogP contribution < -0.4 is 0 Å². The fourth-order valence-corrected chi connectivity index (χ4v) is 6.00. The molecular weight excluding hydrogens is 250 g/mol. The molecule has 2 heterocycles. The third-order valence-electron chi connectivity index (χ3n) is 7.01. The van der Waals surface area contributed by atoms with Crippen LogP contribution in [0.25, 0.3) is 0 Å². The fraction of sp³-hybridized carbons (Fsp3) is 0.941. The van der Waals surface area contributed by atoms with Crippen molar-refractivity contribution in [1.29, 1.82) is 0 Å². The highest BCUT2D eigenvalue weighted by Crippen LogP contribution is 2.52. The van der Waals surface area contributed by atoms with Crippen LogP contribution in [0, 0.1) is 11.3 Å². The van der Waals surface area contributed by atoms with Gasteiger partial charge in [-0.1, -0.05) is 12.8 Å². The summed E-state index contributed by atoms with van der Waals surface area (Å²) in [5.41, 5.74) is 0.696. The van der Waals surface area contributed by atoms with Gasteiger partial charge < -0.3 is 5.11 Å². The van der Waals surface area contributed by atoms with Gasteiger partial charge in [0.25, 0.3) is 0 Å². The van der Waals surface area contributed by atoms with Crippen LogP contribution in [0.15, 0.2) is 0 Å². The van der Waals surface area contributed by atoms with Gasteiger partial charge in [0, 0.05) is 18.1 Å². The molecule has 3 unspecified atom stereocenters. The van der Waals surface area contributed by atoms with E-state index in [9.17, 15) is 9.90 Å². The first-order valence-electron chi connectivity index (χ1n) is 8.69. The molecular formula is C17H27NO2. The van der Waals surface area contributed by atoms with Gasteiger partial charge in [0.05, 0.1) is 5.92 Å². The minimum Gasteiger partial charge on any atom is -0.481 e. The first-order chi connectivity index (χ1) is 9.69. The van der Waals surface area contributed by atoms with Crippen LogP contribution in [0.3, 0.4) is 0 Å². The van der Waals surface area contributed by atoms with Crippen molar-refractivity contribution in [1.82, 2.24) is 4.90 Å². The Morgan fingerprint density at radius 1 is 0.950 bits per heavy atom. The van der Waals surface area contributed by atoms with E-state index in [-0.39, 0.29) is 5.92 Å². The molecule has 0 radical (unpaired) electrons. The summed E-state index contributed by atoms with van der Waals surface area (Å²) in [6, 6.07) is 1.65. The van der Waals surface area contributed by atoms with E-state index in [1.54, 1.807) is 0 Å². The van der Waals surface area contributed by atoms with E-state index < -0.39 is 5.97 Å². The molecule has 0 aromatic heterocycles. The van der Waals surface area contributed by atoms with Crippen molar-refractivity contribution in [3.63, 3.8) is 0 Å². The van der Waals surface area contributed by atoms with Gasteiger partial charge in [0.15, 0.2) is 0 Å². The van der Waals surface area contributed by atoms with E-state index in [1.165, 1.54) is 57.8 Å². The van der Waals surface area contributed by atoms with E-state index in [1.807, 2.05) is 0 Å². The number of carboxylic acids is 1. The lowest BCUT2D eigenvalue weighted by molar-refractivity contribution is -0.142. The summed E-state index contributed by atoms with van der Waals surface area (Å²) >= 11 is 0. The van der Waals surface area contributed by atoms with Crippen molar-refractivity contribution in [3.8, 4) is 0 Å². The van der Waals surface area contributed by atoms with Crippen molar-refractivity contribution in [2.45, 2.75) is 88.8 Å². The average Bonchev–Trinajstić information content (AvgIpc) is 3.15. The van der Waals surface area contributed by atoms with Gasteiger partial charge in [-0.15, -0.1) is 0 Å². The van der Waals surface area contributed by atoms with Crippen LogP contribution in [0.2, 0.25) is 0 Å². The lowest BCUT2D eigenvalue weighted by atomic mass is 9.71. The standard InChI is InChI=1S/C17H27NO2/c19-16(20)14-11-13-3-4-15(14)18(13)12-5-9-17(10-6-12)7-1-2-8-17/h12-15H,1-11H2,(H,19,20). The van der Waals surface area contributed by atoms with Gasteiger partial charge in [-0.05, 0) is 63.2 Å². The molecule has 2 saturated carbocycles. The van der Waals surface area contributed by atoms with E-state index in [2.05, 4.69) is 4.90 Å². The summed E-state index contributed by atoms with van der Waals surface area (Å²) in [6.45, 7) is 0. The van der Waals surface area contributed by atoms with E-state index in [0.717, 1.165) is 12.8 Å². The molecule has 2 aliphatic carbocycles. The fourth-order valence-electron chi connectivity index (χ4n) is 6.00. The maximum atomic E-state index is 11.4. The van der Waals surface area contributed by atoms with Gasteiger partial charge in [0.2, 0.25) is 0 Å². The number of aliphatic carboxylic acids is 1. The number of rotatable bonds is 2. The quantitative estimate of drug-likeness (QED) is 0.840. The minimum atomic E-state index is -0.551. The van der Waals surface area contributed by atoms with Crippen LogP contribution >= 0.6 is 0 Å². The number of nitrogens with zero attached hydrogens (tertiary/aromatic N) is 1. The number of carboxylic acid groups (broad SMARTS) is 1. The predicted octanol–water partition coefficient (Wildman–Crippen LogP) is 3.43. The highest BCUT2D eigenvalue weighted by Gasteiger charge is 2.52. The summed E-state index contributed by atoms with van der Waals surface area (Å²) in [6.07, 6.45) is 14.6. The Kier molecular flexibility index (Phi) is 3.10. The number of hydrogen-bond acceptors (Lipinski definition) is 2. The zero-order valence-electron chi connectivity index (χ0n) is 12.4. The molecule has 0 aromatic carbocycles. The monoisotopic (exact) mass is 277 g/mol. The molecule has 3 heteroatoms. The highest BCUT2D eigenvalue weighted by atomic mass is 16.4. The van der Waals surface area contributed by atoms with Crippen LogP contribution in [0.4, 0.5) is 0 Å². The zero-order chi connectivity index (χ0) is 13.7. The molecule has 0 amide bonds. The molecule has 2 bridgehead atoms. The number of carbonyl (C=O) groups is 1. The second-order valence-electron chi connectivity index (χ2n) is 7.86. The maximum Gasteiger partial charge on any atom is 0.308 e. The van der Waals surface area contributed by atoms with Crippen molar-refractivity contribution < 1.29 is 9.90 Å². The Bertz CT molecular complexity index is 392. The third kappa shape index (κ3) is 1.93. The Hall–Kier alpha value is -0.570. The molecule has 3 nitrogen and oxygen atoms in total. The van der Waals surface area contributed by atoms with Crippen LogP contribution in [0.1, 0.15) is 70.6 Å². The summed E-state index contributed by atoms with van der Waals surface area (Å²) in [4.78, 5) is 14.1. The summed E-state index contributed by atoms with van der Waals surface area (Å²) in [5.74, 6) is -0.624. The highest BCUT2D eigenvalue weighted by molar-refractivity contribution is 5.71. The Balaban J connectivity index is 1.43. The summed E-state index contributed by atoms with van der Waals surface area (Å²) in [5, 5.41) is 9.39. The summed E-state index contributed by atoms with van der Waals surface area (Å²) in [7, 11) is 0. The van der Waals surface area contributed by atoms with Gasteiger partial charge >= 0.3 is 5.97 Å². The average molecular weight is 277 g/mol. The van der Waals surface area contributed by atoms with Gasteiger partial charge in [0.1, 0.15) is 0 Å². The van der Waals surface area contributed by atoms with Gasteiger partial charge in [-0.25, -0.2) is 0 Å². The van der Waals surface area contributed by atoms with E-state index >= 15 is 0 Å². The maximum absolute atomic E-state index is 11.4. The molecule has 20 heavy (non-hydrogen) atoms. The predicted molar refractivity (Wildman–Crippen MR) is 77.5 cm³/mol. The van der Waals surface area contributed by atoms with Crippen LogP contribution in [-0.4, -0.2) is 34.1 Å². The minimum absolute atomic E-state index is 0.0730. The van der Waals surface area contributed by atoms with Crippen molar-refractivity contribution >= 4 is 5.97 Å². The number of fused-ring (bicyclic) bond motifs is 2. The SMILES string of the molecule is O=C(O)C1CC2CCC1N2C1CCC2(CCCC2)CC1. The first kappa shape index (κ1) is 13.1. The third-order valence-corrected chi connectivity index (χ3v) is 7.01. The molecule has 2 aliphatic heterocycles. The van der Waals surface area contributed by atoms with Crippen LogP contribution in [-0.2, 0) is 4.79 Å². The van der Waals surface area contributed by atoms with Gasteiger partial charge in [-0.3, -0.25) is 9.69 Å². The molecule has 4 fully saturated rings. The second kappa shape index (κ2) is 4.72. The first-order valence-corrected chi connectivity index (χ1v) is 8.69. The second-order valence-corrected chi connectivity index (χ2v) is 7.86. The smallest absolute Gasteiger partial charge is 0.308 e. The molecule has 3 atom stereocenters. The molecule has 2 saturated heterocycles. The summed E-state index contributed by atoms with van der Waals surface area (Å²) < 4.78 is 0. The largest absolute Gasteiger partial charge is 0.481 e. The topological polar surface area (TPSA) is 40.5 Å². The number of hydrogen-bond donors (Lipinski definition) is 1. The molecule has 4 rings (SSSR count). The van der Waals surface area contributed by atoms with Crippen molar-refractivity contribution in [2.24, 2.45) is 11.3 Å². The van der Waals surface area contributed by atoms with E-state index in [0.29, 0.717) is 23.5 Å². The normalized spacial score (nSPS) is 40.7. The van der Waals surface area contributed by atoms with Crippen LogP contribution in [0.5, 0.6) is 0 Å².